The van der Waals surface area contributed by atoms with Crippen LogP contribution in [-0.2, 0) is 11.3 Å². The summed E-state index contributed by atoms with van der Waals surface area (Å²) in [5.74, 6) is 0.783. The van der Waals surface area contributed by atoms with Crippen LogP contribution in [0.15, 0.2) is 48.5 Å². The number of rotatable bonds is 5. The van der Waals surface area contributed by atoms with E-state index in [4.69, 9.17) is 0 Å². The summed E-state index contributed by atoms with van der Waals surface area (Å²) in [5.41, 5.74) is 3.29. The lowest BCUT2D eigenvalue weighted by atomic mass is 9.77. The van der Waals surface area contributed by atoms with Crippen LogP contribution in [0.1, 0.15) is 73.2 Å². The smallest absolute Gasteiger partial charge is 0.254 e. The summed E-state index contributed by atoms with van der Waals surface area (Å²) in [7, 11) is 0. The highest BCUT2D eigenvalue weighted by molar-refractivity contribution is 5.99. The molecular formula is C25H28N4O2. The molecule has 3 aromatic rings. The van der Waals surface area contributed by atoms with Gasteiger partial charge in [-0.05, 0) is 43.5 Å². The topological polar surface area (TPSA) is 78.1 Å². The molecule has 31 heavy (non-hydrogen) atoms. The maximum Gasteiger partial charge on any atom is 0.254 e. The molecule has 0 radical (unpaired) electrons. The molecule has 2 aromatic carbocycles. The Morgan fingerprint density at radius 1 is 1.13 bits per heavy atom. The van der Waals surface area contributed by atoms with Crippen molar-refractivity contribution < 1.29 is 9.59 Å². The lowest BCUT2D eigenvalue weighted by Crippen LogP contribution is -2.52. The van der Waals surface area contributed by atoms with Gasteiger partial charge in [0.2, 0.25) is 5.91 Å². The number of aromatic nitrogens is 2. The van der Waals surface area contributed by atoms with Gasteiger partial charge in [0.25, 0.3) is 5.91 Å². The maximum absolute atomic E-state index is 13.2. The molecule has 160 valence electrons. The number of amides is 2. The summed E-state index contributed by atoms with van der Waals surface area (Å²) in [6.07, 6.45) is 5.34. The predicted octanol–water partition coefficient (Wildman–Crippen LogP) is 4.49. The average molecular weight is 417 g/mol. The van der Waals surface area contributed by atoms with Crippen LogP contribution < -0.4 is 5.32 Å². The van der Waals surface area contributed by atoms with Gasteiger partial charge in [0.1, 0.15) is 5.82 Å². The van der Waals surface area contributed by atoms with Gasteiger partial charge >= 0.3 is 0 Å². The number of hydrogen-bond donors (Lipinski definition) is 2. The van der Waals surface area contributed by atoms with Crippen LogP contribution in [0.5, 0.6) is 0 Å². The molecular weight excluding hydrogens is 388 g/mol. The molecule has 1 aliphatic heterocycles. The van der Waals surface area contributed by atoms with Gasteiger partial charge in [0.15, 0.2) is 0 Å². The van der Waals surface area contributed by atoms with E-state index in [1.807, 2.05) is 60.4 Å². The molecule has 1 aromatic heterocycles. The summed E-state index contributed by atoms with van der Waals surface area (Å²) < 4.78 is 0. The summed E-state index contributed by atoms with van der Waals surface area (Å²) in [6.45, 7) is 2.54. The van der Waals surface area contributed by atoms with Crippen LogP contribution in [0.25, 0.3) is 11.0 Å². The van der Waals surface area contributed by atoms with Crippen LogP contribution in [0.2, 0.25) is 0 Å². The Morgan fingerprint density at radius 2 is 1.87 bits per heavy atom. The second kappa shape index (κ2) is 7.84. The summed E-state index contributed by atoms with van der Waals surface area (Å²) in [5, 5.41) is 3.12. The molecule has 5 rings (SSSR count). The third-order valence-corrected chi connectivity index (χ3v) is 6.86. The van der Waals surface area contributed by atoms with Crippen molar-refractivity contribution in [1.29, 1.82) is 0 Å². The van der Waals surface area contributed by atoms with Gasteiger partial charge in [-0.15, -0.1) is 0 Å². The van der Waals surface area contributed by atoms with Crippen LogP contribution in [0.3, 0.4) is 0 Å². The number of carbonyl (C=O) groups excluding carboxylic acids is 2. The number of nitrogens with zero attached hydrogens (tertiary/aromatic N) is 2. The van der Waals surface area contributed by atoms with E-state index in [-0.39, 0.29) is 17.9 Å². The van der Waals surface area contributed by atoms with E-state index >= 15 is 0 Å². The van der Waals surface area contributed by atoms with E-state index < -0.39 is 5.54 Å². The van der Waals surface area contributed by atoms with Gasteiger partial charge in [-0.1, -0.05) is 49.6 Å². The number of nitrogens with one attached hydrogen (secondary N) is 2. The van der Waals surface area contributed by atoms with E-state index in [1.165, 1.54) is 0 Å². The molecule has 0 saturated heterocycles. The zero-order valence-electron chi connectivity index (χ0n) is 17.9. The monoisotopic (exact) mass is 416 g/mol. The lowest BCUT2D eigenvalue weighted by molar-refractivity contribution is -0.125. The van der Waals surface area contributed by atoms with Crippen molar-refractivity contribution in [3.8, 4) is 0 Å². The van der Waals surface area contributed by atoms with Gasteiger partial charge in [-0.2, -0.15) is 0 Å². The van der Waals surface area contributed by atoms with Gasteiger partial charge in [0.05, 0.1) is 22.6 Å². The Kier molecular flexibility index (Phi) is 5.00. The molecule has 0 spiro atoms. The first kappa shape index (κ1) is 19.8. The second-order valence-electron chi connectivity index (χ2n) is 8.94. The van der Waals surface area contributed by atoms with Crippen molar-refractivity contribution in [2.45, 2.75) is 63.6 Å². The highest BCUT2D eigenvalue weighted by atomic mass is 16.2. The molecule has 1 aliphatic carbocycles. The summed E-state index contributed by atoms with van der Waals surface area (Å²) in [4.78, 5) is 36.2. The van der Waals surface area contributed by atoms with Crippen LogP contribution >= 0.6 is 0 Å². The largest absolute Gasteiger partial charge is 0.346 e. The van der Waals surface area contributed by atoms with E-state index in [1.54, 1.807) is 0 Å². The molecule has 6 heteroatoms. The van der Waals surface area contributed by atoms with Crippen LogP contribution in [-0.4, -0.2) is 32.2 Å². The molecule has 1 fully saturated rings. The van der Waals surface area contributed by atoms with Crippen molar-refractivity contribution in [3.05, 3.63) is 65.5 Å². The van der Waals surface area contributed by atoms with Crippen LogP contribution in [0, 0.1) is 0 Å². The van der Waals surface area contributed by atoms with E-state index in [2.05, 4.69) is 15.3 Å². The highest BCUT2D eigenvalue weighted by Crippen LogP contribution is 2.41. The lowest BCUT2D eigenvalue weighted by Gasteiger charge is -2.44. The van der Waals surface area contributed by atoms with Crippen LogP contribution in [0.4, 0.5) is 0 Å². The molecule has 2 amide bonds. The minimum absolute atomic E-state index is 0.0291. The summed E-state index contributed by atoms with van der Waals surface area (Å²) >= 11 is 0. The number of para-hydroxylation sites is 2. The normalized spacial score (nSPS) is 18.7. The Balaban J connectivity index is 1.34. The fourth-order valence-corrected chi connectivity index (χ4v) is 5.23. The number of fused-ring (bicyclic) bond motifs is 2. The van der Waals surface area contributed by atoms with Gasteiger partial charge in [0, 0.05) is 18.5 Å². The molecule has 1 atom stereocenters. The number of H-pyrrole nitrogens is 1. The van der Waals surface area contributed by atoms with E-state index in [9.17, 15) is 9.59 Å². The fourth-order valence-electron chi connectivity index (χ4n) is 5.23. The Bertz CT molecular complexity index is 1100. The Hall–Kier alpha value is -3.15. The van der Waals surface area contributed by atoms with Crippen molar-refractivity contribution in [3.63, 3.8) is 0 Å². The maximum atomic E-state index is 13.2. The minimum atomic E-state index is -0.411. The molecule has 0 bridgehead atoms. The first-order valence-electron chi connectivity index (χ1n) is 11.2. The Labute approximate surface area is 182 Å². The quantitative estimate of drug-likeness (QED) is 0.643. The second-order valence-corrected chi connectivity index (χ2v) is 8.94. The first-order chi connectivity index (χ1) is 15.1. The number of carbonyl (C=O) groups is 2. The zero-order chi connectivity index (χ0) is 21.4. The first-order valence-corrected chi connectivity index (χ1v) is 11.2. The molecule has 1 saturated carbocycles. The number of aromatic amines is 1. The van der Waals surface area contributed by atoms with E-state index in [0.29, 0.717) is 13.0 Å². The van der Waals surface area contributed by atoms with Crippen molar-refractivity contribution in [1.82, 2.24) is 20.2 Å². The van der Waals surface area contributed by atoms with Crippen molar-refractivity contribution in [2.24, 2.45) is 0 Å². The molecule has 2 N–H and O–H groups in total. The third kappa shape index (κ3) is 3.60. The highest BCUT2D eigenvalue weighted by Gasteiger charge is 2.45. The Morgan fingerprint density at radius 3 is 2.65 bits per heavy atom. The van der Waals surface area contributed by atoms with Gasteiger partial charge in [-0.3, -0.25) is 9.59 Å². The number of hydrogen-bond acceptors (Lipinski definition) is 3. The van der Waals surface area contributed by atoms with E-state index in [0.717, 1.165) is 60.1 Å². The SMILES string of the molecule is CC(NC(=O)CC1(N2Cc3ccccc3C2=O)CCCCC1)c1nc2ccccc2[nH]1. The van der Waals surface area contributed by atoms with Crippen molar-refractivity contribution in [2.75, 3.05) is 0 Å². The molecule has 6 nitrogen and oxygen atoms in total. The standard InChI is InChI=1S/C25H28N4O2/c1-17(23-27-20-11-5-6-12-21(20)28-23)26-22(30)15-25(13-7-2-8-14-25)29-16-18-9-3-4-10-19(18)24(29)31/h3-6,9-12,17H,2,7-8,13-16H2,1H3,(H,26,30)(H,27,28). The molecule has 1 unspecified atom stereocenters. The predicted molar refractivity (Wildman–Crippen MR) is 119 cm³/mol. The number of benzene rings is 2. The van der Waals surface area contributed by atoms with Gasteiger partial charge in [-0.25, -0.2) is 4.98 Å². The minimum Gasteiger partial charge on any atom is -0.346 e. The molecule has 2 aliphatic rings. The average Bonchev–Trinajstić information content (AvgIpc) is 3.36. The number of imidazole rings is 1. The van der Waals surface area contributed by atoms with Crippen molar-refractivity contribution >= 4 is 22.8 Å². The van der Waals surface area contributed by atoms with Gasteiger partial charge < -0.3 is 15.2 Å². The summed E-state index contributed by atoms with van der Waals surface area (Å²) in [6, 6.07) is 15.4. The molecule has 2 heterocycles. The third-order valence-electron chi connectivity index (χ3n) is 6.86. The fraction of sp³-hybridized carbons (Fsp3) is 0.400. The zero-order valence-corrected chi connectivity index (χ0v) is 17.9.